The fourth-order valence-corrected chi connectivity index (χ4v) is 4.23. The summed E-state index contributed by atoms with van der Waals surface area (Å²) in [5.41, 5.74) is -3.70. The van der Waals surface area contributed by atoms with E-state index in [0.717, 1.165) is 18.2 Å². The monoisotopic (exact) mass is 417 g/mol. The molecule has 2 aliphatic carbocycles. The number of hydrogen-bond acceptors (Lipinski definition) is 10. The van der Waals surface area contributed by atoms with Crippen molar-refractivity contribution in [2.75, 3.05) is 0 Å². The first-order valence-electron chi connectivity index (χ1n) is 8.52. The predicted octanol–water partition coefficient (Wildman–Crippen LogP) is -1.08. The number of fused-ring (bicyclic) bond motifs is 3. The van der Waals surface area contributed by atoms with Gasteiger partial charge in [0.15, 0.2) is 11.5 Å². The van der Waals surface area contributed by atoms with Gasteiger partial charge in [-0.05, 0) is 23.1 Å². The van der Waals surface area contributed by atoms with E-state index in [0.29, 0.717) is 0 Å². The Bertz CT molecular complexity index is 1230. The van der Waals surface area contributed by atoms with Gasteiger partial charge in [-0.25, -0.2) is 0 Å². The molecule has 0 unspecified atom stereocenters. The van der Waals surface area contributed by atoms with Crippen molar-refractivity contribution in [3.05, 3.63) is 40.7 Å². The van der Waals surface area contributed by atoms with Gasteiger partial charge in [-0.3, -0.25) is 14.4 Å². The highest BCUT2D eigenvalue weighted by Gasteiger charge is 2.70. The second-order valence-electron chi connectivity index (χ2n) is 7.31. The van der Waals surface area contributed by atoms with Gasteiger partial charge in [-0.1, -0.05) is 0 Å². The van der Waals surface area contributed by atoms with Gasteiger partial charge in [0.2, 0.25) is 11.4 Å². The number of ketones is 2. The van der Waals surface area contributed by atoms with E-state index in [1.807, 2.05) is 0 Å². The third kappa shape index (κ3) is 2.05. The van der Waals surface area contributed by atoms with Crippen LogP contribution in [-0.2, 0) is 9.59 Å². The number of phenolic OH excluding ortho intramolecular Hbond substituents is 3. The number of hydrogen-bond donors (Lipinski definition) is 8. The largest absolute Gasteiger partial charge is 0.508 e. The first-order chi connectivity index (χ1) is 13.9. The average Bonchev–Trinajstić information content (AvgIpc) is 2.62. The van der Waals surface area contributed by atoms with Crippen LogP contribution in [0.25, 0.3) is 10.8 Å². The number of aromatic hydroxyl groups is 3. The van der Waals surface area contributed by atoms with Crippen molar-refractivity contribution < 1.29 is 50.1 Å². The first-order valence-corrected chi connectivity index (χ1v) is 8.52. The van der Waals surface area contributed by atoms with Crippen molar-refractivity contribution in [3.63, 3.8) is 0 Å². The van der Waals surface area contributed by atoms with Crippen molar-refractivity contribution >= 4 is 28.2 Å². The number of rotatable bonds is 1. The molecular weight excluding hydrogens is 402 g/mol. The minimum Gasteiger partial charge on any atom is -0.508 e. The Kier molecular flexibility index (Phi) is 3.73. The highest BCUT2D eigenvalue weighted by Crippen LogP contribution is 2.55. The molecule has 1 amide bonds. The number of aliphatic hydroxyl groups is 4. The van der Waals surface area contributed by atoms with Crippen molar-refractivity contribution in [1.29, 1.82) is 0 Å². The molecule has 4 rings (SSSR count). The molecule has 0 aliphatic heterocycles. The summed E-state index contributed by atoms with van der Waals surface area (Å²) < 4.78 is 0. The van der Waals surface area contributed by atoms with Crippen LogP contribution in [0.15, 0.2) is 29.5 Å². The van der Waals surface area contributed by atoms with Crippen LogP contribution >= 0.6 is 0 Å². The smallest absolute Gasteiger partial charge is 0.255 e. The quantitative estimate of drug-likeness (QED) is 0.262. The molecule has 3 atom stereocenters. The lowest BCUT2D eigenvalue weighted by molar-refractivity contribution is -0.193. The second-order valence-corrected chi connectivity index (χ2v) is 7.31. The second kappa shape index (κ2) is 5.69. The topological polar surface area (TPSA) is 219 Å². The third-order valence-electron chi connectivity index (χ3n) is 5.67. The minimum absolute atomic E-state index is 0.0376. The zero-order valence-electron chi connectivity index (χ0n) is 14.9. The maximum Gasteiger partial charge on any atom is 0.255 e. The van der Waals surface area contributed by atoms with Crippen molar-refractivity contribution in [3.8, 4) is 17.2 Å². The van der Waals surface area contributed by atoms with E-state index in [1.54, 1.807) is 0 Å². The highest BCUT2D eigenvalue weighted by molar-refractivity contribution is 6.24. The van der Waals surface area contributed by atoms with Gasteiger partial charge < -0.3 is 41.5 Å². The van der Waals surface area contributed by atoms with Crippen molar-refractivity contribution in [2.24, 2.45) is 5.73 Å². The number of phenols is 3. The van der Waals surface area contributed by atoms with E-state index >= 15 is 0 Å². The lowest BCUT2D eigenvalue weighted by Gasteiger charge is -2.50. The summed E-state index contributed by atoms with van der Waals surface area (Å²) in [4.78, 5) is 37.0. The van der Waals surface area contributed by atoms with Crippen LogP contribution in [0.5, 0.6) is 17.2 Å². The number of nitrogens with two attached hydrogens (primary N) is 1. The lowest BCUT2D eigenvalue weighted by atomic mass is 9.60. The molecule has 0 heterocycles. The molecule has 0 saturated heterocycles. The van der Waals surface area contributed by atoms with Crippen LogP contribution in [0.3, 0.4) is 0 Å². The van der Waals surface area contributed by atoms with E-state index in [-0.39, 0.29) is 10.8 Å². The fourth-order valence-electron chi connectivity index (χ4n) is 4.23. The van der Waals surface area contributed by atoms with E-state index in [2.05, 4.69) is 0 Å². The summed E-state index contributed by atoms with van der Waals surface area (Å²) in [5.74, 6) is -7.77. The molecule has 0 radical (unpaired) electrons. The van der Waals surface area contributed by atoms with Crippen molar-refractivity contribution in [1.82, 2.24) is 0 Å². The maximum atomic E-state index is 13.2. The van der Waals surface area contributed by atoms with Crippen LogP contribution < -0.4 is 5.73 Å². The molecule has 2 aliphatic rings. The molecule has 0 saturated carbocycles. The van der Waals surface area contributed by atoms with E-state index in [1.165, 1.54) is 0 Å². The van der Waals surface area contributed by atoms with Crippen molar-refractivity contribution in [2.45, 2.75) is 23.7 Å². The summed E-state index contributed by atoms with van der Waals surface area (Å²) in [6.45, 7) is 0. The van der Waals surface area contributed by atoms with Crippen LogP contribution in [0.2, 0.25) is 0 Å². The van der Waals surface area contributed by atoms with Crippen LogP contribution in [0, 0.1) is 0 Å². The molecule has 0 aromatic heterocycles. The fraction of sp³-hybridized carbons (Fsp3) is 0.211. The summed E-state index contributed by atoms with van der Waals surface area (Å²) in [6.07, 6.45) is -3.36. The average molecular weight is 417 g/mol. The zero-order chi connectivity index (χ0) is 22.3. The lowest BCUT2D eigenvalue weighted by Crippen LogP contribution is -2.69. The molecule has 9 N–H and O–H groups in total. The van der Waals surface area contributed by atoms with Gasteiger partial charge in [0.25, 0.3) is 5.91 Å². The normalized spacial score (nSPS) is 28.4. The molecular formula is C19H15NO10. The Morgan fingerprint density at radius 1 is 1.07 bits per heavy atom. The van der Waals surface area contributed by atoms with Gasteiger partial charge >= 0.3 is 0 Å². The maximum absolute atomic E-state index is 13.2. The van der Waals surface area contributed by atoms with Crippen LogP contribution in [0.1, 0.15) is 28.4 Å². The molecule has 2 aromatic carbocycles. The Hall–Kier alpha value is -3.67. The summed E-state index contributed by atoms with van der Waals surface area (Å²) in [5, 5.41) is 73.2. The number of amides is 1. The van der Waals surface area contributed by atoms with Gasteiger partial charge in [-0.15, -0.1) is 0 Å². The van der Waals surface area contributed by atoms with Crippen LogP contribution in [0.4, 0.5) is 0 Å². The molecule has 2 aromatic rings. The highest BCUT2D eigenvalue weighted by atomic mass is 16.4. The molecule has 11 heteroatoms. The Labute approximate surface area is 166 Å². The van der Waals surface area contributed by atoms with E-state index in [4.69, 9.17) is 5.73 Å². The Morgan fingerprint density at radius 2 is 1.70 bits per heavy atom. The number of Topliss-reactive ketones (excluding diaryl/α,β-unsaturated/α-hetero) is 2. The third-order valence-corrected chi connectivity index (χ3v) is 5.67. The van der Waals surface area contributed by atoms with Gasteiger partial charge in [-0.2, -0.15) is 0 Å². The van der Waals surface area contributed by atoms with Gasteiger partial charge in [0.05, 0.1) is 10.9 Å². The molecule has 0 spiro atoms. The number of primary amides is 1. The van der Waals surface area contributed by atoms with E-state index < -0.39 is 80.9 Å². The molecule has 0 fully saturated rings. The minimum atomic E-state index is -3.39. The zero-order valence-corrected chi connectivity index (χ0v) is 14.9. The molecule has 11 nitrogen and oxygen atoms in total. The van der Waals surface area contributed by atoms with E-state index in [9.17, 15) is 50.1 Å². The Morgan fingerprint density at radius 3 is 2.30 bits per heavy atom. The first kappa shape index (κ1) is 19.6. The number of carbonyl (C=O) groups is 3. The molecule has 0 bridgehead atoms. The number of aliphatic hydroxyl groups excluding tert-OH is 2. The SMILES string of the molecule is NC(=O)C1=C(O)[C@@]2(O)C(=O)c3c(cc4cc(O)cc(O)c4c3O)[C@H](O)[C@@]2(O)CC1=O. The summed E-state index contributed by atoms with van der Waals surface area (Å²) in [6, 6.07) is 3.01. The van der Waals surface area contributed by atoms with Gasteiger partial charge in [0.1, 0.15) is 34.5 Å². The number of benzene rings is 2. The molecule has 156 valence electrons. The summed E-state index contributed by atoms with van der Waals surface area (Å²) in [7, 11) is 0. The van der Waals surface area contributed by atoms with Gasteiger partial charge in [0, 0.05) is 12.5 Å². The predicted molar refractivity (Wildman–Crippen MR) is 96.6 cm³/mol. The standard InChI is InChI=1S/C19H15NO10/c20-17(28)12-9(23)4-18(29)14(25)7-2-5-1-6(21)3-8(22)10(5)13(24)11(7)15(26)19(18,30)16(12)27/h1-3,14,21-22,24-25,27,29-30H,4H2,(H2,20,28)/t14-,18-,19-/m0/s1. The van der Waals surface area contributed by atoms with Crippen LogP contribution in [-0.4, -0.2) is 64.4 Å². The number of carbonyl (C=O) groups excluding carboxylic acids is 3. The summed E-state index contributed by atoms with van der Waals surface area (Å²) >= 11 is 0. The Balaban J connectivity index is 2.13. The molecule has 30 heavy (non-hydrogen) atoms.